The van der Waals surface area contributed by atoms with E-state index < -0.39 is 8.56 Å². The average Bonchev–Trinajstić information content (AvgIpc) is 2.47. The van der Waals surface area contributed by atoms with E-state index >= 15 is 0 Å². The van der Waals surface area contributed by atoms with Crippen LogP contribution in [0.2, 0.25) is 13.1 Å². The summed E-state index contributed by atoms with van der Waals surface area (Å²) in [4.78, 5) is 0. The molecule has 0 N–H and O–H groups in total. The highest BCUT2D eigenvalue weighted by molar-refractivity contribution is 6.64. The lowest BCUT2D eigenvalue weighted by Gasteiger charge is -2.26. The first-order chi connectivity index (χ1) is 10.1. The third-order valence-corrected chi connectivity index (χ3v) is 5.68. The summed E-state index contributed by atoms with van der Waals surface area (Å²) >= 11 is 0. The van der Waals surface area contributed by atoms with Gasteiger partial charge >= 0.3 is 8.56 Å². The summed E-state index contributed by atoms with van der Waals surface area (Å²) in [5, 5.41) is 0. The van der Waals surface area contributed by atoms with Crippen molar-refractivity contribution in [3.63, 3.8) is 0 Å². The molecule has 1 atom stereocenters. The van der Waals surface area contributed by atoms with Crippen LogP contribution in [0.15, 0.2) is 35.6 Å². The molecule has 2 bridgehead atoms. The largest absolute Gasteiger partial charge is 0.526 e. The minimum absolute atomic E-state index is 0.228. The molecule has 1 unspecified atom stereocenters. The van der Waals surface area contributed by atoms with E-state index in [4.69, 9.17) is 8.85 Å². The van der Waals surface area contributed by atoms with Gasteiger partial charge in [-0.2, -0.15) is 0 Å². The molecule has 1 aliphatic carbocycles. The van der Waals surface area contributed by atoms with Crippen LogP contribution in [0.4, 0.5) is 0 Å². The van der Waals surface area contributed by atoms with Crippen LogP contribution >= 0.6 is 0 Å². The van der Waals surface area contributed by atoms with Crippen LogP contribution in [0, 0.1) is 0 Å². The van der Waals surface area contributed by atoms with Crippen molar-refractivity contribution in [1.29, 1.82) is 0 Å². The zero-order chi connectivity index (χ0) is 15.1. The van der Waals surface area contributed by atoms with Crippen molar-refractivity contribution >= 4 is 8.56 Å². The Morgan fingerprint density at radius 3 is 2.81 bits per heavy atom. The monoisotopic (exact) mass is 306 g/mol. The molecule has 0 saturated heterocycles. The van der Waals surface area contributed by atoms with E-state index in [0.29, 0.717) is 0 Å². The predicted octanol–water partition coefficient (Wildman–Crippen LogP) is 5.62. The van der Waals surface area contributed by atoms with Crippen molar-refractivity contribution in [2.75, 3.05) is 0 Å². The van der Waals surface area contributed by atoms with E-state index in [1.807, 2.05) is 6.26 Å². The highest BCUT2D eigenvalue weighted by atomic mass is 28.4. The summed E-state index contributed by atoms with van der Waals surface area (Å²) in [7, 11) is -2.08. The maximum Gasteiger partial charge on any atom is 0.392 e. The first-order valence-corrected chi connectivity index (χ1v) is 11.3. The van der Waals surface area contributed by atoms with Crippen LogP contribution in [0.5, 0.6) is 0 Å². The van der Waals surface area contributed by atoms with Gasteiger partial charge in [-0.1, -0.05) is 30.2 Å². The van der Waals surface area contributed by atoms with Gasteiger partial charge in [-0.05, 0) is 70.5 Å². The third kappa shape index (κ3) is 6.23. The number of rotatable bonds is 0. The Morgan fingerprint density at radius 2 is 1.95 bits per heavy atom. The van der Waals surface area contributed by atoms with Gasteiger partial charge in [0.05, 0.1) is 12.4 Å². The van der Waals surface area contributed by atoms with Crippen molar-refractivity contribution in [2.45, 2.75) is 77.5 Å². The molecule has 0 aromatic heterocycles. The topological polar surface area (TPSA) is 18.5 Å². The molecule has 0 aromatic carbocycles. The van der Waals surface area contributed by atoms with Gasteiger partial charge in [0.25, 0.3) is 0 Å². The van der Waals surface area contributed by atoms with Crippen molar-refractivity contribution in [1.82, 2.24) is 0 Å². The number of hydrogen-bond acceptors (Lipinski definition) is 2. The highest BCUT2D eigenvalue weighted by Gasteiger charge is 2.29. The van der Waals surface area contributed by atoms with E-state index in [0.717, 1.165) is 12.8 Å². The first kappa shape index (κ1) is 16.6. The van der Waals surface area contributed by atoms with Gasteiger partial charge in [-0.25, -0.2) is 0 Å². The SMILES string of the molecule is C/C1=C/C2CCCC(=C\O[Si](C)(C)O2)/C=C\CCCCC1. The summed E-state index contributed by atoms with van der Waals surface area (Å²) in [5.41, 5.74) is 2.79. The molecular weight excluding hydrogens is 276 g/mol. The van der Waals surface area contributed by atoms with Crippen LogP contribution in [0.25, 0.3) is 0 Å². The maximum absolute atomic E-state index is 6.32. The molecule has 2 nitrogen and oxygen atoms in total. The van der Waals surface area contributed by atoms with Gasteiger partial charge in [0.2, 0.25) is 0 Å². The summed E-state index contributed by atoms with van der Waals surface area (Å²) < 4.78 is 12.4. The normalized spacial score (nSPS) is 34.1. The molecular formula is C18H30O2Si. The van der Waals surface area contributed by atoms with Crippen LogP contribution < -0.4 is 0 Å². The Morgan fingerprint density at radius 1 is 1.10 bits per heavy atom. The Kier molecular flexibility index (Phi) is 6.31. The predicted molar refractivity (Wildman–Crippen MR) is 91.4 cm³/mol. The maximum atomic E-state index is 6.32. The van der Waals surface area contributed by atoms with E-state index in [1.165, 1.54) is 49.7 Å². The summed E-state index contributed by atoms with van der Waals surface area (Å²) in [6, 6.07) is 0. The molecule has 0 saturated carbocycles. The molecule has 2 aliphatic rings. The van der Waals surface area contributed by atoms with E-state index in [2.05, 4.69) is 38.2 Å². The Hall–Kier alpha value is -0.803. The molecule has 0 radical (unpaired) electrons. The van der Waals surface area contributed by atoms with Crippen molar-refractivity contribution in [3.05, 3.63) is 35.6 Å². The standard InChI is InChI=1S/C18H30O2Si/c1-16-10-7-5-4-6-8-11-17-12-9-13-18(14-16)20-21(2,3)19-15-17/h8,11,14-15,18H,4-7,9-10,12-13H2,1-3H3/b11-8-,16-14-,17-15-. The van der Waals surface area contributed by atoms with Crippen molar-refractivity contribution < 1.29 is 8.85 Å². The molecule has 0 fully saturated rings. The van der Waals surface area contributed by atoms with Crippen LogP contribution in [-0.4, -0.2) is 14.7 Å². The molecule has 3 heteroatoms. The molecule has 0 aromatic rings. The number of hydrogen-bond donors (Lipinski definition) is 0. The Bertz CT molecular complexity index is 421. The zero-order valence-electron chi connectivity index (χ0n) is 13.9. The average molecular weight is 307 g/mol. The third-order valence-electron chi connectivity index (χ3n) is 4.13. The fourth-order valence-electron chi connectivity index (χ4n) is 2.95. The summed E-state index contributed by atoms with van der Waals surface area (Å²) in [6.45, 7) is 6.54. The van der Waals surface area contributed by atoms with Crippen LogP contribution in [0.3, 0.4) is 0 Å². The fraction of sp³-hybridized carbons (Fsp3) is 0.667. The molecule has 1 heterocycles. The second-order valence-electron chi connectivity index (χ2n) is 6.77. The minimum atomic E-state index is -2.08. The molecule has 118 valence electrons. The second kappa shape index (κ2) is 8.00. The first-order valence-electron chi connectivity index (χ1n) is 8.44. The molecule has 21 heavy (non-hydrogen) atoms. The van der Waals surface area contributed by atoms with Gasteiger partial charge in [0.15, 0.2) is 0 Å². The molecule has 0 amide bonds. The Balaban J connectivity index is 2.20. The lowest BCUT2D eigenvalue weighted by molar-refractivity contribution is 0.175. The smallest absolute Gasteiger partial charge is 0.392 e. The lowest BCUT2D eigenvalue weighted by atomic mass is 10.0. The van der Waals surface area contributed by atoms with Gasteiger partial charge < -0.3 is 8.85 Å². The number of fused-ring (bicyclic) bond motifs is 4. The molecule has 0 spiro atoms. The Labute approximate surface area is 131 Å². The van der Waals surface area contributed by atoms with Crippen LogP contribution in [0.1, 0.15) is 58.3 Å². The van der Waals surface area contributed by atoms with Gasteiger partial charge in [-0.15, -0.1) is 0 Å². The number of allylic oxidation sites excluding steroid dienone is 4. The zero-order valence-corrected chi connectivity index (χ0v) is 14.9. The van der Waals surface area contributed by atoms with E-state index in [-0.39, 0.29) is 6.10 Å². The van der Waals surface area contributed by atoms with E-state index in [1.54, 1.807) is 0 Å². The lowest BCUT2D eigenvalue weighted by Crippen LogP contribution is -2.36. The fourth-order valence-corrected chi connectivity index (χ4v) is 4.36. The summed E-state index contributed by atoms with van der Waals surface area (Å²) in [6.07, 6.45) is 18.8. The minimum Gasteiger partial charge on any atom is -0.526 e. The van der Waals surface area contributed by atoms with Crippen LogP contribution in [-0.2, 0) is 8.85 Å². The van der Waals surface area contributed by atoms with E-state index in [9.17, 15) is 0 Å². The summed E-state index contributed by atoms with van der Waals surface area (Å²) in [5.74, 6) is 0. The van der Waals surface area contributed by atoms with Gasteiger partial charge in [0.1, 0.15) is 0 Å². The van der Waals surface area contributed by atoms with Gasteiger partial charge in [-0.3, -0.25) is 0 Å². The highest BCUT2D eigenvalue weighted by Crippen LogP contribution is 2.24. The van der Waals surface area contributed by atoms with Crippen molar-refractivity contribution in [2.24, 2.45) is 0 Å². The molecule has 2 rings (SSSR count). The van der Waals surface area contributed by atoms with Crippen molar-refractivity contribution in [3.8, 4) is 0 Å². The molecule has 1 aliphatic heterocycles. The van der Waals surface area contributed by atoms with Gasteiger partial charge in [0, 0.05) is 0 Å². The second-order valence-corrected chi connectivity index (χ2v) is 10.0. The quantitative estimate of drug-likeness (QED) is 0.427.